The van der Waals surface area contributed by atoms with E-state index < -0.39 is 0 Å². The number of nitrogens with zero attached hydrogens (tertiary/aromatic N) is 3. The van der Waals surface area contributed by atoms with Crippen LogP contribution >= 0.6 is 0 Å². The number of nitrogens with two attached hydrogens (primary N) is 1. The van der Waals surface area contributed by atoms with Gasteiger partial charge in [-0.3, -0.25) is 0 Å². The van der Waals surface area contributed by atoms with E-state index in [-0.39, 0.29) is 0 Å². The van der Waals surface area contributed by atoms with Crippen LogP contribution in [0.1, 0.15) is 25.1 Å². The maximum atomic E-state index is 5.84. The molecule has 21 heavy (non-hydrogen) atoms. The van der Waals surface area contributed by atoms with Crippen LogP contribution in [0, 0.1) is 0 Å². The number of guanidine groups is 1. The van der Waals surface area contributed by atoms with Gasteiger partial charge in [0.1, 0.15) is 12.4 Å². The van der Waals surface area contributed by atoms with E-state index in [0.29, 0.717) is 24.4 Å². The molecule has 5 heteroatoms. The highest BCUT2D eigenvalue weighted by Crippen LogP contribution is 2.18. The molecule has 1 heterocycles. The fraction of sp³-hybridized carbons (Fsp3) is 0.312. The van der Waals surface area contributed by atoms with Gasteiger partial charge in [-0.15, -0.1) is 0 Å². The van der Waals surface area contributed by atoms with Gasteiger partial charge in [-0.05, 0) is 24.8 Å². The second-order valence-electron chi connectivity index (χ2n) is 5.23. The van der Waals surface area contributed by atoms with Crippen LogP contribution in [0.3, 0.4) is 0 Å². The topological polar surface area (TPSA) is 76.2 Å². The third kappa shape index (κ3) is 3.56. The fourth-order valence-electron chi connectivity index (χ4n) is 2.18. The molecule has 5 nitrogen and oxygen atoms in total. The first-order valence-electron chi connectivity index (χ1n) is 7.24. The molecular weight excluding hydrogens is 262 g/mol. The maximum absolute atomic E-state index is 5.84. The van der Waals surface area contributed by atoms with E-state index in [0.717, 1.165) is 11.1 Å². The van der Waals surface area contributed by atoms with Crippen LogP contribution in [0.15, 0.2) is 47.7 Å². The van der Waals surface area contributed by atoms with Crippen molar-refractivity contribution in [2.75, 3.05) is 0 Å². The van der Waals surface area contributed by atoms with E-state index in [1.54, 1.807) is 0 Å². The van der Waals surface area contributed by atoms with Gasteiger partial charge in [-0.1, -0.05) is 30.3 Å². The third-order valence-electron chi connectivity index (χ3n) is 3.66. The lowest BCUT2D eigenvalue weighted by molar-refractivity contribution is 0.382. The Morgan fingerprint density at radius 2 is 1.86 bits per heavy atom. The van der Waals surface area contributed by atoms with Gasteiger partial charge in [0.15, 0.2) is 5.96 Å². The summed E-state index contributed by atoms with van der Waals surface area (Å²) < 4.78 is 0. The smallest absolute Gasteiger partial charge is 0.189 e. The molecule has 1 saturated carbocycles. The quantitative estimate of drug-likeness (QED) is 0.664. The summed E-state index contributed by atoms with van der Waals surface area (Å²) in [6.07, 6.45) is 7.28. The van der Waals surface area contributed by atoms with Crippen molar-refractivity contribution < 1.29 is 0 Å². The molecule has 0 unspecified atom stereocenters. The molecule has 0 amide bonds. The van der Waals surface area contributed by atoms with Gasteiger partial charge in [-0.25, -0.2) is 15.0 Å². The molecule has 1 aromatic carbocycles. The first kappa shape index (κ1) is 13.5. The Kier molecular flexibility index (Phi) is 4.09. The predicted octanol–water partition coefficient (Wildman–Crippen LogP) is 2.10. The van der Waals surface area contributed by atoms with Crippen LogP contribution in [0.25, 0.3) is 11.1 Å². The molecular formula is C16H19N5. The molecule has 0 bridgehead atoms. The molecule has 1 aliphatic carbocycles. The largest absolute Gasteiger partial charge is 0.370 e. The van der Waals surface area contributed by atoms with Gasteiger partial charge in [0.05, 0.1) is 0 Å². The normalized spacial score (nSPS) is 15.5. The zero-order chi connectivity index (χ0) is 14.5. The van der Waals surface area contributed by atoms with Crippen molar-refractivity contribution in [3.63, 3.8) is 0 Å². The van der Waals surface area contributed by atoms with Crippen LogP contribution in [-0.4, -0.2) is 22.0 Å². The van der Waals surface area contributed by atoms with Gasteiger partial charge in [0, 0.05) is 24.0 Å². The van der Waals surface area contributed by atoms with Gasteiger partial charge in [0.2, 0.25) is 0 Å². The second-order valence-corrected chi connectivity index (χ2v) is 5.23. The van der Waals surface area contributed by atoms with E-state index in [1.807, 2.05) is 42.7 Å². The Hall–Kier alpha value is -2.43. The van der Waals surface area contributed by atoms with Crippen LogP contribution in [-0.2, 0) is 6.54 Å². The molecule has 0 saturated heterocycles. The minimum absolute atomic E-state index is 0.403. The molecule has 1 aromatic heterocycles. The van der Waals surface area contributed by atoms with Crippen molar-refractivity contribution in [3.05, 3.63) is 48.5 Å². The van der Waals surface area contributed by atoms with Crippen molar-refractivity contribution in [3.8, 4) is 11.1 Å². The van der Waals surface area contributed by atoms with Gasteiger partial charge >= 0.3 is 0 Å². The van der Waals surface area contributed by atoms with Gasteiger partial charge in [-0.2, -0.15) is 0 Å². The number of nitrogens with one attached hydrogen (secondary N) is 1. The predicted molar refractivity (Wildman–Crippen MR) is 83.6 cm³/mol. The van der Waals surface area contributed by atoms with Crippen molar-refractivity contribution in [1.29, 1.82) is 0 Å². The second kappa shape index (κ2) is 6.35. The summed E-state index contributed by atoms with van der Waals surface area (Å²) in [5.41, 5.74) is 7.95. The van der Waals surface area contributed by atoms with Crippen molar-refractivity contribution in [1.82, 2.24) is 15.3 Å². The lowest BCUT2D eigenvalue weighted by Gasteiger charge is -2.26. The molecule has 1 aliphatic rings. The number of hydrogen-bond acceptors (Lipinski definition) is 3. The molecule has 1 fully saturated rings. The van der Waals surface area contributed by atoms with Crippen LogP contribution < -0.4 is 11.1 Å². The number of rotatable bonds is 4. The third-order valence-corrected chi connectivity index (χ3v) is 3.66. The minimum Gasteiger partial charge on any atom is -0.370 e. The summed E-state index contributed by atoms with van der Waals surface area (Å²) in [4.78, 5) is 13.0. The van der Waals surface area contributed by atoms with Crippen LogP contribution in [0.2, 0.25) is 0 Å². The van der Waals surface area contributed by atoms with Gasteiger partial charge < -0.3 is 11.1 Å². The summed E-state index contributed by atoms with van der Waals surface area (Å²) in [6, 6.07) is 10.6. The molecule has 0 atom stereocenters. The monoisotopic (exact) mass is 281 g/mol. The van der Waals surface area contributed by atoms with Crippen molar-refractivity contribution in [2.24, 2.45) is 10.7 Å². The minimum atomic E-state index is 0.403. The molecule has 108 valence electrons. The highest BCUT2D eigenvalue weighted by Gasteiger charge is 2.17. The molecule has 3 N–H and O–H groups in total. The molecule has 2 aromatic rings. The summed E-state index contributed by atoms with van der Waals surface area (Å²) in [5.74, 6) is 1.16. The summed E-state index contributed by atoms with van der Waals surface area (Å²) >= 11 is 0. The Bertz CT molecular complexity index is 602. The van der Waals surface area contributed by atoms with Crippen LogP contribution in [0.4, 0.5) is 0 Å². The molecule has 0 radical (unpaired) electrons. The SMILES string of the molecule is NC(=NCc1ncc(-c2ccccc2)cn1)NC1CCC1. The summed E-state index contributed by atoms with van der Waals surface area (Å²) in [5, 5.41) is 3.20. The summed E-state index contributed by atoms with van der Waals surface area (Å²) in [7, 11) is 0. The Labute approximate surface area is 124 Å². The zero-order valence-corrected chi connectivity index (χ0v) is 11.9. The molecule has 0 spiro atoms. The van der Waals surface area contributed by atoms with E-state index in [2.05, 4.69) is 20.3 Å². The van der Waals surface area contributed by atoms with E-state index in [1.165, 1.54) is 19.3 Å². The Balaban J connectivity index is 1.60. The number of aliphatic imine (C=N–C) groups is 1. The maximum Gasteiger partial charge on any atom is 0.189 e. The Morgan fingerprint density at radius 3 is 2.48 bits per heavy atom. The van der Waals surface area contributed by atoms with Crippen LogP contribution in [0.5, 0.6) is 0 Å². The standard InChI is InChI=1S/C16H19N5/c17-16(21-14-7-4-8-14)20-11-15-18-9-13(10-19-15)12-5-2-1-3-6-12/h1-3,5-6,9-10,14H,4,7-8,11H2,(H3,17,20,21). The first-order valence-corrected chi connectivity index (χ1v) is 7.24. The van der Waals surface area contributed by atoms with Crippen molar-refractivity contribution in [2.45, 2.75) is 31.8 Å². The zero-order valence-electron chi connectivity index (χ0n) is 11.9. The first-order chi connectivity index (χ1) is 10.3. The average molecular weight is 281 g/mol. The molecule has 0 aliphatic heterocycles. The van der Waals surface area contributed by atoms with E-state index >= 15 is 0 Å². The number of aromatic nitrogens is 2. The number of benzene rings is 1. The highest BCUT2D eigenvalue weighted by molar-refractivity contribution is 5.78. The lowest BCUT2D eigenvalue weighted by atomic mass is 9.93. The highest BCUT2D eigenvalue weighted by atomic mass is 15.1. The average Bonchev–Trinajstić information content (AvgIpc) is 2.50. The molecule has 3 rings (SSSR count). The van der Waals surface area contributed by atoms with E-state index in [9.17, 15) is 0 Å². The van der Waals surface area contributed by atoms with E-state index in [4.69, 9.17) is 5.73 Å². The lowest BCUT2D eigenvalue weighted by Crippen LogP contribution is -2.43. The Morgan fingerprint density at radius 1 is 1.14 bits per heavy atom. The van der Waals surface area contributed by atoms with Gasteiger partial charge in [0.25, 0.3) is 0 Å². The number of hydrogen-bond donors (Lipinski definition) is 2. The fourth-order valence-corrected chi connectivity index (χ4v) is 2.18. The summed E-state index contributed by atoms with van der Waals surface area (Å²) in [6.45, 7) is 0.403. The van der Waals surface area contributed by atoms with Crippen molar-refractivity contribution >= 4 is 5.96 Å².